The summed E-state index contributed by atoms with van der Waals surface area (Å²) in [6.45, 7) is 5.72. The monoisotopic (exact) mass is 270 g/mol. The summed E-state index contributed by atoms with van der Waals surface area (Å²) in [6.07, 6.45) is 5.56. The second-order valence-electron chi connectivity index (χ2n) is 6.37. The summed E-state index contributed by atoms with van der Waals surface area (Å²) in [7, 11) is 0.603. The van der Waals surface area contributed by atoms with Crippen LogP contribution in [0.15, 0.2) is 4.40 Å². The quantitative estimate of drug-likeness (QED) is 0.720. The molecule has 3 aliphatic rings. The number of carbonyl (C=O) groups is 1. The van der Waals surface area contributed by atoms with E-state index in [1.165, 1.54) is 0 Å². The van der Waals surface area contributed by atoms with Crippen LogP contribution in [0.1, 0.15) is 46.5 Å². The van der Waals surface area contributed by atoms with Gasteiger partial charge in [-0.3, -0.25) is 4.79 Å². The van der Waals surface area contributed by atoms with Crippen LogP contribution < -0.4 is 0 Å². The molecule has 1 aliphatic carbocycles. The number of hydrogen-bond acceptors (Lipinski definition) is 2. The highest BCUT2D eigenvalue weighted by Gasteiger charge is 2.48. The standard InChI is InChI=1S/C13H22N2O2S/c1-12(2,3)18(17)14-9-13-7-5-10(6-8-13)11(16)15(13)4/h9-10H,5-8H2,1-4H3. The van der Waals surface area contributed by atoms with Gasteiger partial charge in [0, 0.05) is 19.2 Å². The molecule has 0 radical (unpaired) electrons. The summed E-state index contributed by atoms with van der Waals surface area (Å²) in [5.41, 5.74) is -0.285. The maximum atomic E-state index is 12.0. The molecule has 4 nitrogen and oxygen atoms in total. The molecule has 0 spiro atoms. The Kier molecular flexibility index (Phi) is 3.38. The van der Waals surface area contributed by atoms with Crippen LogP contribution in [-0.4, -0.2) is 38.6 Å². The summed E-state index contributed by atoms with van der Waals surface area (Å²) in [5, 5.41) is 0. The van der Waals surface area contributed by atoms with Gasteiger partial charge in [-0.2, -0.15) is 4.40 Å². The molecule has 1 atom stereocenters. The topological polar surface area (TPSA) is 49.7 Å². The lowest BCUT2D eigenvalue weighted by molar-refractivity contribution is -0.147. The van der Waals surface area contributed by atoms with Crippen LogP contribution in [0.3, 0.4) is 0 Å². The van der Waals surface area contributed by atoms with Gasteiger partial charge >= 0.3 is 0 Å². The molecule has 0 aromatic heterocycles. The van der Waals surface area contributed by atoms with Gasteiger partial charge in [-0.25, -0.2) is 4.21 Å². The molecule has 1 unspecified atom stereocenters. The average molecular weight is 270 g/mol. The van der Waals surface area contributed by atoms with E-state index in [9.17, 15) is 9.00 Å². The summed E-state index contributed by atoms with van der Waals surface area (Å²) >= 11 is 0. The maximum Gasteiger partial charge on any atom is 0.226 e. The third kappa shape index (κ3) is 2.25. The summed E-state index contributed by atoms with van der Waals surface area (Å²) in [6, 6.07) is 0. The van der Waals surface area contributed by atoms with Gasteiger partial charge in [0.15, 0.2) is 0 Å². The fourth-order valence-electron chi connectivity index (χ4n) is 2.71. The molecule has 5 heteroatoms. The summed E-state index contributed by atoms with van der Waals surface area (Å²) in [5.74, 6) is 0.430. The Labute approximate surface area is 111 Å². The molecule has 0 N–H and O–H groups in total. The molecule has 2 heterocycles. The van der Waals surface area contributed by atoms with Crippen molar-refractivity contribution in [1.29, 1.82) is 0 Å². The number of rotatable bonds is 2. The molecule has 3 fully saturated rings. The van der Waals surface area contributed by atoms with Crippen molar-refractivity contribution in [3.63, 3.8) is 0 Å². The number of amides is 1. The highest BCUT2D eigenvalue weighted by atomic mass is 32.2. The number of piperidine rings is 2. The molecule has 2 aliphatic heterocycles. The molecule has 102 valence electrons. The van der Waals surface area contributed by atoms with Gasteiger partial charge in [0.2, 0.25) is 5.91 Å². The molecule has 1 saturated carbocycles. The molecule has 0 aromatic carbocycles. The number of hydrogen-bond donors (Lipinski definition) is 0. The fourth-order valence-corrected chi connectivity index (χ4v) is 3.32. The number of carbonyl (C=O) groups excluding carboxylic acids is 1. The maximum absolute atomic E-state index is 12.0. The Morgan fingerprint density at radius 1 is 1.39 bits per heavy atom. The van der Waals surface area contributed by atoms with Gasteiger partial charge in [0.1, 0.15) is 11.0 Å². The minimum atomic E-state index is -1.24. The number of nitrogens with zero attached hydrogens (tertiary/aromatic N) is 2. The van der Waals surface area contributed by atoms with Crippen molar-refractivity contribution >= 4 is 23.1 Å². The van der Waals surface area contributed by atoms with E-state index in [1.54, 1.807) is 6.21 Å². The minimum Gasteiger partial charge on any atom is -0.335 e. The molecular weight excluding hydrogens is 248 g/mol. The van der Waals surface area contributed by atoms with Gasteiger partial charge < -0.3 is 4.90 Å². The van der Waals surface area contributed by atoms with E-state index < -0.39 is 11.0 Å². The number of fused-ring (bicyclic) bond motifs is 3. The molecule has 2 bridgehead atoms. The Balaban J connectivity index is 2.19. The van der Waals surface area contributed by atoms with Gasteiger partial charge in [-0.1, -0.05) is 0 Å². The average Bonchev–Trinajstić information content (AvgIpc) is 2.32. The van der Waals surface area contributed by atoms with E-state index >= 15 is 0 Å². The van der Waals surface area contributed by atoms with Crippen LogP contribution in [0.2, 0.25) is 0 Å². The van der Waals surface area contributed by atoms with E-state index in [2.05, 4.69) is 4.40 Å². The van der Waals surface area contributed by atoms with Crippen LogP contribution in [0.25, 0.3) is 0 Å². The Morgan fingerprint density at radius 3 is 2.44 bits per heavy atom. The largest absolute Gasteiger partial charge is 0.335 e. The SMILES string of the molecule is CN1C(=O)C2CCC1(C=NS(=O)C(C)(C)C)CC2. The molecule has 0 aromatic rings. The van der Waals surface area contributed by atoms with E-state index in [0.717, 1.165) is 25.7 Å². The van der Waals surface area contributed by atoms with Crippen molar-refractivity contribution in [2.24, 2.45) is 10.3 Å². The first-order chi connectivity index (χ1) is 8.26. The second kappa shape index (κ2) is 4.44. The van der Waals surface area contributed by atoms with Gasteiger partial charge in [-0.05, 0) is 46.5 Å². The highest BCUT2D eigenvalue weighted by molar-refractivity contribution is 7.85. The third-order valence-electron chi connectivity index (χ3n) is 4.11. The van der Waals surface area contributed by atoms with Crippen LogP contribution in [0.4, 0.5) is 0 Å². The smallest absolute Gasteiger partial charge is 0.226 e. The molecule has 2 saturated heterocycles. The van der Waals surface area contributed by atoms with E-state index in [1.807, 2.05) is 32.7 Å². The van der Waals surface area contributed by atoms with Crippen molar-refractivity contribution in [3.05, 3.63) is 0 Å². The second-order valence-corrected chi connectivity index (χ2v) is 8.31. The zero-order valence-corrected chi connectivity index (χ0v) is 12.4. The van der Waals surface area contributed by atoms with Crippen molar-refractivity contribution in [1.82, 2.24) is 4.90 Å². The lowest BCUT2D eigenvalue weighted by Gasteiger charge is -2.50. The Morgan fingerprint density at radius 2 is 1.94 bits per heavy atom. The Hall–Kier alpha value is -0.710. The van der Waals surface area contributed by atoms with Gasteiger partial charge in [0.25, 0.3) is 0 Å². The van der Waals surface area contributed by atoms with Gasteiger partial charge in [0.05, 0.1) is 10.3 Å². The van der Waals surface area contributed by atoms with Crippen LogP contribution in [0.5, 0.6) is 0 Å². The zero-order chi connectivity index (χ0) is 13.6. The fraction of sp³-hybridized carbons (Fsp3) is 0.846. The lowest BCUT2D eigenvalue weighted by atomic mass is 9.71. The van der Waals surface area contributed by atoms with E-state index in [0.29, 0.717) is 0 Å². The van der Waals surface area contributed by atoms with E-state index in [-0.39, 0.29) is 22.1 Å². The van der Waals surface area contributed by atoms with Crippen molar-refractivity contribution in [2.75, 3.05) is 7.05 Å². The normalized spacial score (nSPS) is 34.3. The predicted octanol–water partition coefficient (Wildman–Crippen LogP) is 1.92. The highest BCUT2D eigenvalue weighted by Crippen LogP contribution is 2.42. The third-order valence-corrected chi connectivity index (χ3v) is 5.46. The van der Waals surface area contributed by atoms with Crippen LogP contribution >= 0.6 is 0 Å². The van der Waals surface area contributed by atoms with E-state index in [4.69, 9.17) is 0 Å². The first-order valence-corrected chi connectivity index (χ1v) is 7.62. The van der Waals surface area contributed by atoms with Crippen LogP contribution in [0, 0.1) is 5.92 Å². The first kappa shape index (κ1) is 13.7. The van der Waals surface area contributed by atoms with Crippen molar-refractivity contribution in [3.8, 4) is 0 Å². The van der Waals surface area contributed by atoms with Crippen LogP contribution in [-0.2, 0) is 15.8 Å². The minimum absolute atomic E-state index is 0.207. The summed E-state index contributed by atoms with van der Waals surface area (Å²) in [4.78, 5) is 13.8. The zero-order valence-electron chi connectivity index (χ0n) is 11.6. The van der Waals surface area contributed by atoms with Crippen molar-refractivity contribution < 1.29 is 9.00 Å². The first-order valence-electron chi connectivity index (χ1n) is 6.51. The molecule has 1 amide bonds. The Bertz CT molecular complexity index is 404. The van der Waals surface area contributed by atoms with Crippen molar-refractivity contribution in [2.45, 2.75) is 56.7 Å². The predicted molar refractivity (Wildman–Crippen MR) is 73.8 cm³/mol. The lowest BCUT2D eigenvalue weighted by Crippen LogP contribution is -2.60. The summed E-state index contributed by atoms with van der Waals surface area (Å²) < 4.78 is 15.9. The van der Waals surface area contributed by atoms with Gasteiger partial charge in [-0.15, -0.1) is 0 Å². The molecule has 18 heavy (non-hydrogen) atoms. The molecule has 3 rings (SSSR count). The molecular formula is C13H22N2O2S.